The second-order valence-corrected chi connectivity index (χ2v) is 4.83. The Morgan fingerprint density at radius 1 is 1.14 bits per heavy atom. The van der Waals surface area contributed by atoms with Crippen molar-refractivity contribution in [1.82, 2.24) is 5.32 Å². The largest absolute Gasteiger partial charge is 0.494 e. The van der Waals surface area contributed by atoms with E-state index >= 15 is 0 Å². The van der Waals surface area contributed by atoms with E-state index in [1.165, 1.54) is 6.07 Å². The SMILES string of the molecule is CCOc1ccc([C@@H](C)NC(=O)c2ccc(F)c(F)c2)cc1. The molecule has 0 unspecified atom stereocenters. The van der Waals surface area contributed by atoms with E-state index in [1.54, 1.807) is 0 Å². The minimum Gasteiger partial charge on any atom is -0.494 e. The molecule has 1 atom stereocenters. The van der Waals surface area contributed by atoms with Gasteiger partial charge in [0.2, 0.25) is 0 Å². The summed E-state index contributed by atoms with van der Waals surface area (Å²) in [6, 6.07) is 10.1. The number of nitrogens with one attached hydrogen (secondary N) is 1. The number of ether oxygens (including phenoxy) is 1. The highest BCUT2D eigenvalue weighted by atomic mass is 19.2. The van der Waals surface area contributed by atoms with E-state index < -0.39 is 17.5 Å². The smallest absolute Gasteiger partial charge is 0.251 e. The Kier molecular flexibility index (Phi) is 5.09. The topological polar surface area (TPSA) is 38.3 Å². The predicted octanol–water partition coefficient (Wildman–Crippen LogP) is 3.85. The van der Waals surface area contributed by atoms with Gasteiger partial charge in [0.15, 0.2) is 11.6 Å². The number of rotatable bonds is 5. The summed E-state index contributed by atoms with van der Waals surface area (Å²) in [6.45, 7) is 4.30. The van der Waals surface area contributed by atoms with Crippen LogP contribution < -0.4 is 10.1 Å². The minimum absolute atomic E-state index is 0.0803. The van der Waals surface area contributed by atoms with Crippen LogP contribution >= 0.6 is 0 Å². The zero-order valence-electron chi connectivity index (χ0n) is 12.4. The number of hydrogen-bond donors (Lipinski definition) is 1. The van der Waals surface area contributed by atoms with Crippen LogP contribution in [0.15, 0.2) is 42.5 Å². The van der Waals surface area contributed by atoms with Crippen molar-refractivity contribution < 1.29 is 18.3 Å². The van der Waals surface area contributed by atoms with E-state index in [0.29, 0.717) is 6.61 Å². The fourth-order valence-electron chi connectivity index (χ4n) is 2.02. The lowest BCUT2D eigenvalue weighted by atomic mass is 10.1. The summed E-state index contributed by atoms with van der Waals surface area (Å²) in [5.41, 5.74) is 0.969. The number of carbonyl (C=O) groups excluding carboxylic acids is 1. The van der Waals surface area contributed by atoms with E-state index in [0.717, 1.165) is 23.4 Å². The number of carbonyl (C=O) groups is 1. The maximum Gasteiger partial charge on any atom is 0.251 e. The Labute approximate surface area is 127 Å². The van der Waals surface area contributed by atoms with Gasteiger partial charge in [0, 0.05) is 5.56 Å². The van der Waals surface area contributed by atoms with Gasteiger partial charge in [-0.1, -0.05) is 12.1 Å². The molecule has 2 rings (SSSR count). The van der Waals surface area contributed by atoms with Gasteiger partial charge < -0.3 is 10.1 Å². The Bertz CT molecular complexity index is 656. The molecule has 1 amide bonds. The zero-order chi connectivity index (χ0) is 16.1. The van der Waals surface area contributed by atoms with Crippen molar-refractivity contribution in [3.63, 3.8) is 0 Å². The van der Waals surface area contributed by atoms with Crippen molar-refractivity contribution in [2.24, 2.45) is 0 Å². The maximum atomic E-state index is 13.1. The van der Waals surface area contributed by atoms with Gasteiger partial charge >= 0.3 is 0 Å². The summed E-state index contributed by atoms with van der Waals surface area (Å²) in [5, 5.41) is 2.74. The number of halogens is 2. The van der Waals surface area contributed by atoms with Crippen molar-refractivity contribution in [3.05, 3.63) is 65.2 Å². The average Bonchev–Trinajstić information content (AvgIpc) is 2.51. The predicted molar refractivity (Wildman–Crippen MR) is 79.9 cm³/mol. The van der Waals surface area contributed by atoms with Crippen LogP contribution in [0, 0.1) is 11.6 Å². The molecular weight excluding hydrogens is 288 g/mol. The molecule has 2 aromatic carbocycles. The molecule has 116 valence electrons. The lowest BCUT2D eigenvalue weighted by molar-refractivity contribution is 0.0939. The van der Waals surface area contributed by atoms with Crippen LogP contribution in [0.2, 0.25) is 0 Å². The first-order chi connectivity index (χ1) is 10.5. The van der Waals surface area contributed by atoms with E-state index in [-0.39, 0.29) is 11.6 Å². The minimum atomic E-state index is -1.04. The molecule has 22 heavy (non-hydrogen) atoms. The fraction of sp³-hybridized carbons (Fsp3) is 0.235. The van der Waals surface area contributed by atoms with Crippen molar-refractivity contribution >= 4 is 5.91 Å². The summed E-state index contributed by atoms with van der Waals surface area (Å²) in [7, 11) is 0. The van der Waals surface area contributed by atoms with Crippen LogP contribution in [0.1, 0.15) is 35.8 Å². The molecule has 0 aliphatic heterocycles. The molecule has 1 N–H and O–H groups in total. The third-order valence-electron chi connectivity index (χ3n) is 3.22. The summed E-state index contributed by atoms with van der Waals surface area (Å²) in [6.07, 6.45) is 0. The van der Waals surface area contributed by atoms with Gasteiger partial charge in [-0.25, -0.2) is 8.78 Å². The fourth-order valence-corrected chi connectivity index (χ4v) is 2.02. The van der Waals surface area contributed by atoms with Crippen LogP contribution in [0.3, 0.4) is 0 Å². The maximum absolute atomic E-state index is 13.1. The summed E-state index contributed by atoms with van der Waals surface area (Å²) in [4.78, 5) is 12.0. The Morgan fingerprint density at radius 2 is 1.82 bits per heavy atom. The van der Waals surface area contributed by atoms with Crippen molar-refractivity contribution in [2.45, 2.75) is 19.9 Å². The third-order valence-corrected chi connectivity index (χ3v) is 3.22. The third kappa shape index (κ3) is 3.81. The first-order valence-corrected chi connectivity index (χ1v) is 7.00. The normalized spacial score (nSPS) is 11.8. The molecule has 5 heteroatoms. The average molecular weight is 305 g/mol. The molecular formula is C17H17F2NO2. The molecule has 0 saturated heterocycles. The van der Waals surface area contributed by atoms with Gasteiger partial charge in [-0.3, -0.25) is 4.79 Å². The summed E-state index contributed by atoms with van der Waals surface area (Å²) >= 11 is 0. The molecule has 0 bridgehead atoms. The second kappa shape index (κ2) is 7.02. The van der Waals surface area contributed by atoms with Gasteiger partial charge in [-0.15, -0.1) is 0 Å². The van der Waals surface area contributed by atoms with E-state index in [1.807, 2.05) is 38.1 Å². The standard InChI is InChI=1S/C17H17F2NO2/c1-3-22-14-7-4-12(5-8-14)11(2)20-17(21)13-6-9-15(18)16(19)10-13/h4-11H,3H2,1-2H3,(H,20,21)/t11-/m1/s1. The monoisotopic (exact) mass is 305 g/mol. The lowest BCUT2D eigenvalue weighted by Gasteiger charge is -2.15. The molecule has 2 aromatic rings. The lowest BCUT2D eigenvalue weighted by Crippen LogP contribution is -2.26. The van der Waals surface area contributed by atoms with Crippen LogP contribution in [0.4, 0.5) is 8.78 Å². The van der Waals surface area contributed by atoms with Crippen molar-refractivity contribution in [3.8, 4) is 5.75 Å². The molecule has 0 saturated carbocycles. The van der Waals surface area contributed by atoms with Crippen LogP contribution in [-0.2, 0) is 0 Å². The highest BCUT2D eigenvalue weighted by Crippen LogP contribution is 2.18. The van der Waals surface area contributed by atoms with E-state index in [2.05, 4.69) is 5.32 Å². The quantitative estimate of drug-likeness (QED) is 0.911. The van der Waals surface area contributed by atoms with Gasteiger partial charge in [0.25, 0.3) is 5.91 Å². The van der Waals surface area contributed by atoms with Crippen LogP contribution in [0.5, 0.6) is 5.75 Å². The van der Waals surface area contributed by atoms with Crippen LogP contribution in [0.25, 0.3) is 0 Å². The first-order valence-electron chi connectivity index (χ1n) is 7.00. The molecule has 0 aliphatic rings. The highest BCUT2D eigenvalue weighted by molar-refractivity contribution is 5.94. The van der Waals surface area contributed by atoms with Gasteiger partial charge in [0.1, 0.15) is 5.75 Å². The van der Waals surface area contributed by atoms with Gasteiger partial charge in [-0.2, -0.15) is 0 Å². The molecule has 0 aromatic heterocycles. The van der Waals surface area contributed by atoms with Crippen molar-refractivity contribution in [1.29, 1.82) is 0 Å². The Hall–Kier alpha value is -2.43. The first kappa shape index (κ1) is 15.9. The molecule has 0 spiro atoms. The second-order valence-electron chi connectivity index (χ2n) is 4.83. The van der Waals surface area contributed by atoms with Gasteiger partial charge in [-0.05, 0) is 49.7 Å². The molecule has 0 heterocycles. The Morgan fingerprint density at radius 3 is 2.41 bits per heavy atom. The van der Waals surface area contributed by atoms with E-state index in [9.17, 15) is 13.6 Å². The van der Waals surface area contributed by atoms with Crippen LogP contribution in [-0.4, -0.2) is 12.5 Å². The Balaban J connectivity index is 2.05. The number of hydrogen-bond acceptors (Lipinski definition) is 2. The molecule has 0 radical (unpaired) electrons. The molecule has 3 nitrogen and oxygen atoms in total. The van der Waals surface area contributed by atoms with Crippen molar-refractivity contribution in [2.75, 3.05) is 6.61 Å². The molecule has 0 aliphatic carbocycles. The van der Waals surface area contributed by atoms with E-state index in [4.69, 9.17) is 4.74 Å². The number of benzene rings is 2. The summed E-state index contributed by atoms with van der Waals surface area (Å²) < 4.78 is 31.4. The summed E-state index contributed by atoms with van der Waals surface area (Å²) in [5.74, 6) is -1.72. The highest BCUT2D eigenvalue weighted by Gasteiger charge is 2.13. The number of amides is 1. The molecule has 0 fully saturated rings. The zero-order valence-corrected chi connectivity index (χ0v) is 12.4. The van der Waals surface area contributed by atoms with Gasteiger partial charge in [0.05, 0.1) is 12.6 Å².